The Bertz CT molecular complexity index is 963. The Morgan fingerprint density at radius 2 is 1.66 bits per heavy atom. The van der Waals surface area contributed by atoms with Gasteiger partial charge < -0.3 is 26.0 Å². The first-order valence-corrected chi connectivity index (χ1v) is 13.9. The summed E-state index contributed by atoms with van der Waals surface area (Å²) < 4.78 is 5.41. The third-order valence-electron chi connectivity index (χ3n) is 8.34. The lowest BCUT2D eigenvalue weighted by Gasteiger charge is -2.36. The highest BCUT2D eigenvalue weighted by Crippen LogP contribution is 2.61. The van der Waals surface area contributed by atoms with Gasteiger partial charge in [-0.1, -0.05) is 53.4 Å². The lowest BCUT2D eigenvalue weighted by Crippen LogP contribution is -2.59. The van der Waals surface area contributed by atoms with Gasteiger partial charge in [0.25, 0.3) is 5.91 Å². The van der Waals surface area contributed by atoms with Crippen molar-refractivity contribution in [1.29, 1.82) is 0 Å². The van der Waals surface area contributed by atoms with Gasteiger partial charge in [0.05, 0.1) is 6.04 Å². The van der Waals surface area contributed by atoms with Crippen LogP contribution in [-0.2, 0) is 23.9 Å². The number of nitrogens with zero attached hydrogens (tertiary/aromatic N) is 1. The predicted molar refractivity (Wildman–Crippen MR) is 142 cm³/mol. The summed E-state index contributed by atoms with van der Waals surface area (Å²) in [6.07, 6.45) is 4.94. The minimum absolute atomic E-state index is 0.155. The Kier molecular flexibility index (Phi) is 8.53. The summed E-state index contributed by atoms with van der Waals surface area (Å²) in [5.74, 6) is -2.05. The standard InChI is InChI=1S/C28H46N4O6/c1-8-17-13-28(17)14-19(23(35)30-18(20(33)22(29)34)12-16-10-9-11-16)32(15-28)24(36)21(26(2,3)4)31-25(37)38-27(5,6)7/h16-19,21H,8-15H2,1-7H3,(H2,29,34)(H,30,35)(H,31,37)/t17-,18?,19-,21+,28+/m0/s1. The van der Waals surface area contributed by atoms with Gasteiger partial charge in [0.15, 0.2) is 0 Å². The number of primary amides is 1. The molecular formula is C28H46N4O6. The van der Waals surface area contributed by atoms with Crippen LogP contribution >= 0.6 is 0 Å². The van der Waals surface area contributed by atoms with Crippen LogP contribution in [0, 0.1) is 22.7 Å². The van der Waals surface area contributed by atoms with E-state index in [1.165, 1.54) is 0 Å². The fraction of sp³-hybridized carbons (Fsp3) is 0.821. The molecule has 10 nitrogen and oxygen atoms in total. The van der Waals surface area contributed by atoms with Crippen molar-refractivity contribution in [1.82, 2.24) is 15.5 Å². The Labute approximate surface area is 226 Å². The number of carbonyl (C=O) groups is 5. The first kappa shape index (κ1) is 29.9. The summed E-state index contributed by atoms with van der Waals surface area (Å²) in [5.41, 5.74) is 3.74. The smallest absolute Gasteiger partial charge is 0.408 e. The van der Waals surface area contributed by atoms with E-state index in [0.717, 1.165) is 32.1 Å². The quantitative estimate of drug-likeness (QED) is 0.387. The van der Waals surface area contributed by atoms with Gasteiger partial charge in [-0.25, -0.2) is 4.79 Å². The van der Waals surface area contributed by atoms with Crippen molar-refractivity contribution >= 4 is 29.6 Å². The van der Waals surface area contributed by atoms with Gasteiger partial charge in [-0.3, -0.25) is 19.2 Å². The second-order valence-corrected chi connectivity index (χ2v) is 13.6. The first-order chi connectivity index (χ1) is 17.5. The van der Waals surface area contributed by atoms with E-state index in [0.29, 0.717) is 25.3 Å². The molecule has 0 aromatic heterocycles. The molecule has 2 aliphatic carbocycles. The maximum Gasteiger partial charge on any atom is 0.408 e. The molecule has 1 heterocycles. The highest BCUT2D eigenvalue weighted by atomic mass is 16.6. The Hall–Kier alpha value is -2.65. The van der Waals surface area contributed by atoms with Gasteiger partial charge in [0, 0.05) is 6.54 Å². The topological polar surface area (TPSA) is 148 Å². The zero-order valence-corrected chi connectivity index (χ0v) is 24.0. The molecule has 1 aliphatic heterocycles. The summed E-state index contributed by atoms with van der Waals surface area (Å²) in [5, 5.41) is 5.52. The molecule has 1 unspecified atom stereocenters. The Morgan fingerprint density at radius 1 is 1.03 bits per heavy atom. The molecule has 4 amide bonds. The number of alkyl carbamates (subject to hydrolysis) is 1. The van der Waals surface area contributed by atoms with E-state index in [4.69, 9.17) is 10.5 Å². The zero-order chi connectivity index (χ0) is 28.6. The van der Waals surface area contributed by atoms with E-state index in [9.17, 15) is 24.0 Å². The minimum atomic E-state index is -1.08. The number of ketones is 1. The number of rotatable bonds is 9. The summed E-state index contributed by atoms with van der Waals surface area (Å²) in [6, 6.07) is -2.74. The van der Waals surface area contributed by atoms with Crippen LogP contribution in [0.25, 0.3) is 0 Å². The monoisotopic (exact) mass is 534 g/mol. The molecule has 5 atom stereocenters. The summed E-state index contributed by atoms with van der Waals surface area (Å²) in [4.78, 5) is 66.2. The average Bonchev–Trinajstić information content (AvgIpc) is 3.29. The number of ether oxygens (including phenoxy) is 1. The van der Waals surface area contributed by atoms with Gasteiger partial charge in [-0.2, -0.15) is 0 Å². The van der Waals surface area contributed by atoms with Crippen LogP contribution in [0.1, 0.15) is 93.4 Å². The van der Waals surface area contributed by atoms with Crippen molar-refractivity contribution in [2.24, 2.45) is 28.4 Å². The largest absolute Gasteiger partial charge is 0.444 e. The van der Waals surface area contributed by atoms with Gasteiger partial charge in [-0.15, -0.1) is 0 Å². The third kappa shape index (κ3) is 6.86. The SMILES string of the molecule is CC[C@H]1C[C@]12C[C@@H](C(=O)NC(CC1CCC1)C(=O)C(N)=O)N(C(=O)[C@@H](NC(=O)OC(C)(C)C)C(C)(C)C)C2. The van der Waals surface area contributed by atoms with Gasteiger partial charge in [-0.05, 0) is 62.7 Å². The van der Waals surface area contributed by atoms with Crippen molar-refractivity contribution in [3.05, 3.63) is 0 Å². The molecular weight excluding hydrogens is 488 g/mol. The van der Waals surface area contributed by atoms with Gasteiger partial charge in [0.1, 0.15) is 17.7 Å². The van der Waals surface area contributed by atoms with E-state index in [2.05, 4.69) is 17.6 Å². The highest BCUT2D eigenvalue weighted by Gasteiger charge is 2.62. The second kappa shape index (κ2) is 10.8. The molecule has 2 saturated carbocycles. The van der Waals surface area contributed by atoms with Crippen molar-refractivity contribution in [3.8, 4) is 0 Å². The Balaban J connectivity index is 1.84. The summed E-state index contributed by atoms with van der Waals surface area (Å²) in [6.45, 7) is 13.3. The molecule has 3 rings (SSSR count). The molecule has 1 spiro atoms. The van der Waals surface area contributed by atoms with E-state index in [1.54, 1.807) is 25.7 Å². The number of hydrogen-bond acceptors (Lipinski definition) is 6. The maximum absolute atomic E-state index is 14.0. The molecule has 1 saturated heterocycles. The third-order valence-corrected chi connectivity index (χ3v) is 8.34. The van der Waals surface area contributed by atoms with Crippen molar-refractivity contribution in [3.63, 3.8) is 0 Å². The summed E-state index contributed by atoms with van der Waals surface area (Å²) in [7, 11) is 0. The molecule has 0 radical (unpaired) electrons. The number of Topliss-reactive ketones (excluding diaryl/α,β-unsaturated/α-hetero) is 1. The molecule has 0 aromatic carbocycles. The lowest BCUT2D eigenvalue weighted by atomic mass is 9.80. The number of amides is 4. The van der Waals surface area contributed by atoms with Gasteiger partial charge in [0.2, 0.25) is 17.6 Å². The lowest BCUT2D eigenvalue weighted by molar-refractivity contribution is -0.143. The van der Waals surface area contributed by atoms with E-state index in [-0.39, 0.29) is 17.2 Å². The maximum atomic E-state index is 14.0. The van der Waals surface area contributed by atoms with Crippen LogP contribution in [0.15, 0.2) is 0 Å². The number of carbonyl (C=O) groups excluding carboxylic acids is 5. The van der Waals surface area contributed by atoms with E-state index >= 15 is 0 Å². The molecule has 0 aromatic rings. The molecule has 10 heteroatoms. The van der Waals surface area contributed by atoms with E-state index < -0.39 is 52.8 Å². The van der Waals surface area contributed by atoms with Crippen LogP contribution in [0.3, 0.4) is 0 Å². The average molecular weight is 535 g/mol. The normalized spacial score (nSPS) is 26.8. The second-order valence-electron chi connectivity index (χ2n) is 13.6. The molecule has 0 bridgehead atoms. The zero-order valence-electron chi connectivity index (χ0n) is 24.0. The fourth-order valence-corrected chi connectivity index (χ4v) is 5.90. The molecule has 38 heavy (non-hydrogen) atoms. The van der Waals surface area contributed by atoms with Crippen LogP contribution < -0.4 is 16.4 Å². The molecule has 214 valence electrons. The minimum Gasteiger partial charge on any atom is -0.444 e. The molecule has 3 fully saturated rings. The van der Waals surface area contributed by atoms with Crippen LogP contribution in [0.4, 0.5) is 4.79 Å². The van der Waals surface area contributed by atoms with Crippen molar-refractivity contribution in [2.75, 3.05) is 6.54 Å². The van der Waals surface area contributed by atoms with E-state index in [1.807, 2.05) is 20.8 Å². The number of hydrogen-bond donors (Lipinski definition) is 3. The summed E-state index contributed by atoms with van der Waals surface area (Å²) >= 11 is 0. The van der Waals surface area contributed by atoms with Crippen LogP contribution in [0.5, 0.6) is 0 Å². The molecule has 4 N–H and O–H groups in total. The predicted octanol–water partition coefficient (Wildman–Crippen LogP) is 2.67. The fourth-order valence-electron chi connectivity index (χ4n) is 5.90. The van der Waals surface area contributed by atoms with Gasteiger partial charge >= 0.3 is 6.09 Å². The van der Waals surface area contributed by atoms with Crippen LogP contribution in [-0.4, -0.2) is 64.8 Å². The highest BCUT2D eigenvalue weighted by molar-refractivity contribution is 6.37. The van der Waals surface area contributed by atoms with Crippen LogP contribution in [0.2, 0.25) is 0 Å². The number of nitrogens with one attached hydrogen (secondary N) is 2. The first-order valence-electron chi connectivity index (χ1n) is 13.9. The molecule has 3 aliphatic rings. The Morgan fingerprint density at radius 3 is 2.11 bits per heavy atom. The number of nitrogens with two attached hydrogens (primary N) is 1. The van der Waals surface area contributed by atoms with Crippen molar-refractivity contribution < 1.29 is 28.7 Å². The van der Waals surface area contributed by atoms with Crippen molar-refractivity contribution in [2.45, 2.75) is 117 Å². The number of likely N-dealkylation sites (tertiary alicyclic amines) is 1.